The summed E-state index contributed by atoms with van der Waals surface area (Å²) in [4.78, 5) is 0. The second-order valence-corrected chi connectivity index (χ2v) is 8.04. The number of rotatable bonds is 6. The van der Waals surface area contributed by atoms with Crippen LogP contribution in [0.3, 0.4) is 0 Å². The van der Waals surface area contributed by atoms with Gasteiger partial charge in [0.15, 0.2) is 0 Å². The molecule has 0 amide bonds. The predicted octanol–water partition coefficient (Wildman–Crippen LogP) is 7.17. The van der Waals surface area contributed by atoms with E-state index in [-0.39, 0.29) is 5.41 Å². The van der Waals surface area contributed by atoms with E-state index in [4.69, 9.17) is 0 Å². The molecule has 0 saturated heterocycles. The van der Waals surface area contributed by atoms with Gasteiger partial charge in [0, 0.05) is 0 Å². The zero-order valence-electron chi connectivity index (χ0n) is 15.9. The van der Waals surface area contributed by atoms with Crippen molar-refractivity contribution in [3.63, 3.8) is 0 Å². The van der Waals surface area contributed by atoms with Crippen molar-refractivity contribution in [2.75, 3.05) is 0 Å². The van der Waals surface area contributed by atoms with Crippen molar-refractivity contribution < 1.29 is 0 Å². The normalized spacial score (nSPS) is 17.1. The molecule has 2 aromatic carbocycles. The molecule has 0 bridgehead atoms. The standard InChI is InChI=1S/C25H32/c1-21-13-15-24(16-14-21)25(2,19-17-22-9-5-3-6-10-22)20-18-23-11-7-4-8-12-23/h3,5-6,9-10,13-16,18H,4,7-8,11-12,17,19-20H2,1-2H3. The molecule has 1 unspecified atom stereocenters. The molecule has 0 nitrogen and oxygen atoms in total. The molecular formula is C25H32. The number of hydrogen-bond donors (Lipinski definition) is 0. The van der Waals surface area contributed by atoms with Gasteiger partial charge in [-0.05, 0) is 68.4 Å². The fourth-order valence-electron chi connectivity index (χ4n) is 3.96. The van der Waals surface area contributed by atoms with Crippen molar-refractivity contribution in [2.24, 2.45) is 0 Å². The Morgan fingerprint density at radius 3 is 2.24 bits per heavy atom. The van der Waals surface area contributed by atoms with E-state index >= 15 is 0 Å². The summed E-state index contributed by atoms with van der Waals surface area (Å²) < 4.78 is 0. The van der Waals surface area contributed by atoms with Crippen molar-refractivity contribution in [3.8, 4) is 0 Å². The molecule has 0 aliphatic heterocycles. The second kappa shape index (κ2) is 8.52. The second-order valence-electron chi connectivity index (χ2n) is 8.04. The molecule has 1 atom stereocenters. The highest BCUT2D eigenvalue weighted by Gasteiger charge is 2.25. The molecule has 1 fully saturated rings. The monoisotopic (exact) mass is 332 g/mol. The Bertz CT molecular complexity index is 670. The van der Waals surface area contributed by atoms with Crippen LogP contribution in [0, 0.1) is 6.92 Å². The Balaban J connectivity index is 1.78. The van der Waals surface area contributed by atoms with Crippen LogP contribution in [0.25, 0.3) is 0 Å². The molecule has 0 radical (unpaired) electrons. The average Bonchev–Trinajstić information content (AvgIpc) is 2.67. The van der Waals surface area contributed by atoms with Gasteiger partial charge in [-0.3, -0.25) is 0 Å². The van der Waals surface area contributed by atoms with Gasteiger partial charge in [-0.25, -0.2) is 0 Å². The molecule has 0 N–H and O–H groups in total. The molecular weight excluding hydrogens is 300 g/mol. The van der Waals surface area contributed by atoms with Gasteiger partial charge in [0.05, 0.1) is 0 Å². The summed E-state index contributed by atoms with van der Waals surface area (Å²) in [6.07, 6.45) is 12.9. The molecule has 0 aromatic heterocycles. The van der Waals surface area contributed by atoms with E-state index in [2.05, 4.69) is 74.5 Å². The minimum atomic E-state index is 0.216. The minimum absolute atomic E-state index is 0.216. The van der Waals surface area contributed by atoms with Gasteiger partial charge in [-0.1, -0.05) is 85.2 Å². The lowest BCUT2D eigenvalue weighted by molar-refractivity contribution is 0.435. The predicted molar refractivity (Wildman–Crippen MR) is 109 cm³/mol. The molecule has 3 rings (SSSR count). The van der Waals surface area contributed by atoms with Crippen LogP contribution in [-0.4, -0.2) is 0 Å². The third-order valence-corrected chi connectivity index (χ3v) is 5.89. The summed E-state index contributed by atoms with van der Waals surface area (Å²) >= 11 is 0. The SMILES string of the molecule is Cc1ccc(C(C)(CC=C2CCCCC2)CCc2ccccc2)cc1. The van der Waals surface area contributed by atoms with Crippen molar-refractivity contribution >= 4 is 0 Å². The maximum atomic E-state index is 2.57. The van der Waals surface area contributed by atoms with E-state index in [0.29, 0.717) is 0 Å². The van der Waals surface area contributed by atoms with Crippen molar-refractivity contribution in [1.29, 1.82) is 0 Å². The van der Waals surface area contributed by atoms with Crippen LogP contribution in [0.1, 0.15) is 68.6 Å². The van der Waals surface area contributed by atoms with E-state index < -0.39 is 0 Å². The zero-order valence-corrected chi connectivity index (χ0v) is 15.9. The van der Waals surface area contributed by atoms with Crippen LogP contribution in [0.2, 0.25) is 0 Å². The van der Waals surface area contributed by atoms with Crippen molar-refractivity contribution in [3.05, 3.63) is 82.9 Å². The lowest BCUT2D eigenvalue weighted by Gasteiger charge is -2.30. The van der Waals surface area contributed by atoms with E-state index in [9.17, 15) is 0 Å². The quantitative estimate of drug-likeness (QED) is 0.492. The van der Waals surface area contributed by atoms with E-state index in [1.165, 1.54) is 55.2 Å². The summed E-state index contributed by atoms with van der Waals surface area (Å²) in [5.74, 6) is 0. The highest BCUT2D eigenvalue weighted by atomic mass is 14.3. The van der Waals surface area contributed by atoms with Crippen LogP contribution in [0.4, 0.5) is 0 Å². The Labute approximate surface area is 154 Å². The highest BCUT2D eigenvalue weighted by molar-refractivity contribution is 5.30. The third-order valence-electron chi connectivity index (χ3n) is 5.89. The molecule has 1 saturated carbocycles. The zero-order chi connectivity index (χ0) is 17.5. The van der Waals surface area contributed by atoms with Crippen LogP contribution in [0.5, 0.6) is 0 Å². The molecule has 0 heteroatoms. The van der Waals surface area contributed by atoms with E-state index in [1.54, 1.807) is 5.57 Å². The summed E-state index contributed by atoms with van der Waals surface area (Å²) in [6.45, 7) is 4.63. The molecule has 2 aromatic rings. The average molecular weight is 333 g/mol. The maximum Gasteiger partial charge on any atom is -0.00376 e. The first-order valence-electron chi connectivity index (χ1n) is 9.95. The lowest BCUT2D eigenvalue weighted by atomic mass is 9.74. The number of hydrogen-bond acceptors (Lipinski definition) is 0. The number of aryl methyl sites for hydroxylation is 2. The first kappa shape index (κ1) is 18.0. The minimum Gasteiger partial charge on any atom is -0.0845 e. The smallest absolute Gasteiger partial charge is 0.00376 e. The van der Waals surface area contributed by atoms with Crippen molar-refractivity contribution in [1.82, 2.24) is 0 Å². The third kappa shape index (κ3) is 5.08. The first-order valence-corrected chi connectivity index (χ1v) is 9.95. The van der Waals surface area contributed by atoms with Gasteiger partial charge in [0.2, 0.25) is 0 Å². The summed E-state index contributed by atoms with van der Waals surface area (Å²) in [6, 6.07) is 20.2. The maximum absolute atomic E-state index is 2.57. The molecule has 25 heavy (non-hydrogen) atoms. The fourth-order valence-corrected chi connectivity index (χ4v) is 3.96. The van der Waals surface area contributed by atoms with Gasteiger partial charge in [0.1, 0.15) is 0 Å². The fraction of sp³-hybridized carbons (Fsp3) is 0.440. The van der Waals surface area contributed by atoms with Gasteiger partial charge in [0.25, 0.3) is 0 Å². The molecule has 132 valence electrons. The molecule has 0 spiro atoms. The topological polar surface area (TPSA) is 0 Å². The van der Waals surface area contributed by atoms with Gasteiger partial charge < -0.3 is 0 Å². The van der Waals surface area contributed by atoms with Crippen LogP contribution < -0.4 is 0 Å². The Morgan fingerprint density at radius 2 is 1.56 bits per heavy atom. The molecule has 1 aliphatic rings. The Kier molecular flexibility index (Phi) is 6.13. The van der Waals surface area contributed by atoms with E-state index in [1.807, 2.05) is 0 Å². The van der Waals surface area contributed by atoms with Crippen molar-refractivity contribution in [2.45, 2.75) is 70.6 Å². The van der Waals surface area contributed by atoms with Crippen LogP contribution in [-0.2, 0) is 11.8 Å². The van der Waals surface area contributed by atoms with E-state index in [0.717, 1.165) is 12.8 Å². The highest BCUT2D eigenvalue weighted by Crippen LogP contribution is 2.35. The summed E-state index contributed by atoms with van der Waals surface area (Å²) in [5.41, 5.74) is 6.20. The Morgan fingerprint density at radius 1 is 0.880 bits per heavy atom. The van der Waals surface area contributed by atoms with Gasteiger partial charge in [-0.2, -0.15) is 0 Å². The molecule has 1 aliphatic carbocycles. The van der Waals surface area contributed by atoms with Crippen LogP contribution >= 0.6 is 0 Å². The Hall–Kier alpha value is -1.82. The largest absolute Gasteiger partial charge is 0.0845 e. The first-order chi connectivity index (χ1) is 12.2. The van der Waals surface area contributed by atoms with Gasteiger partial charge >= 0.3 is 0 Å². The number of allylic oxidation sites excluding steroid dienone is 2. The lowest BCUT2D eigenvalue weighted by Crippen LogP contribution is -2.22. The number of benzene rings is 2. The summed E-state index contributed by atoms with van der Waals surface area (Å²) in [7, 11) is 0. The molecule has 0 heterocycles. The van der Waals surface area contributed by atoms with Crippen LogP contribution in [0.15, 0.2) is 66.2 Å². The van der Waals surface area contributed by atoms with Gasteiger partial charge in [-0.15, -0.1) is 0 Å². The summed E-state index contributed by atoms with van der Waals surface area (Å²) in [5, 5.41) is 0.